The third-order valence-corrected chi connectivity index (χ3v) is 6.88. The average Bonchev–Trinajstić information content (AvgIpc) is 3.10. The molecular formula is C24H29N3O3. The van der Waals surface area contributed by atoms with Crippen LogP contribution >= 0.6 is 0 Å². The first-order valence-corrected chi connectivity index (χ1v) is 10.4. The van der Waals surface area contributed by atoms with Crippen molar-refractivity contribution in [2.24, 2.45) is 0 Å². The third kappa shape index (κ3) is 3.35. The van der Waals surface area contributed by atoms with Crippen molar-refractivity contribution < 1.29 is 14.3 Å². The normalized spacial score (nSPS) is 26.1. The van der Waals surface area contributed by atoms with Crippen LogP contribution in [0.1, 0.15) is 41.6 Å². The molecule has 0 unspecified atom stereocenters. The highest BCUT2D eigenvalue weighted by Crippen LogP contribution is 2.46. The molecule has 1 spiro atoms. The van der Waals surface area contributed by atoms with Gasteiger partial charge < -0.3 is 10.1 Å². The zero-order chi connectivity index (χ0) is 21.4. The Morgan fingerprint density at radius 1 is 1.00 bits per heavy atom. The molecule has 2 aliphatic rings. The molecule has 1 aliphatic carbocycles. The van der Waals surface area contributed by atoms with Crippen LogP contribution in [0.3, 0.4) is 0 Å². The molecular weight excluding hydrogens is 378 g/mol. The van der Waals surface area contributed by atoms with E-state index >= 15 is 0 Å². The Hall–Kier alpha value is -2.86. The fourth-order valence-corrected chi connectivity index (χ4v) is 5.06. The molecule has 0 atom stereocenters. The first-order chi connectivity index (χ1) is 14.4. The van der Waals surface area contributed by atoms with Gasteiger partial charge in [-0.05, 0) is 57.5 Å². The molecule has 6 heteroatoms. The van der Waals surface area contributed by atoms with E-state index in [-0.39, 0.29) is 17.1 Å². The van der Waals surface area contributed by atoms with Crippen molar-refractivity contribution in [2.45, 2.75) is 36.8 Å². The molecule has 2 aromatic carbocycles. The first-order valence-electron chi connectivity index (χ1n) is 10.4. The van der Waals surface area contributed by atoms with E-state index in [1.54, 1.807) is 17.0 Å². The highest BCUT2D eigenvalue weighted by Gasteiger charge is 2.50. The number of para-hydroxylation sites is 1. The van der Waals surface area contributed by atoms with Crippen LogP contribution in [0.4, 0.5) is 10.5 Å². The number of hydrogen-bond acceptors (Lipinski definition) is 4. The SMILES string of the molecule is COC(=O)c1ccccc1N1CC2(CCC(c3ccccc3)(N(C)C)CC2)NC1=O. The van der Waals surface area contributed by atoms with Gasteiger partial charge in [-0.15, -0.1) is 0 Å². The van der Waals surface area contributed by atoms with Crippen molar-refractivity contribution in [3.05, 3.63) is 65.7 Å². The predicted molar refractivity (Wildman–Crippen MR) is 117 cm³/mol. The van der Waals surface area contributed by atoms with Crippen LogP contribution in [-0.2, 0) is 10.3 Å². The van der Waals surface area contributed by atoms with E-state index in [1.165, 1.54) is 12.7 Å². The predicted octanol–water partition coefficient (Wildman–Crippen LogP) is 3.77. The van der Waals surface area contributed by atoms with Crippen LogP contribution in [0.25, 0.3) is 0 Å². The molecule has 158 valence electrons. The molecule has 6 nitrogen and oxygen atoms in total. The van der Waals surface area contributed by atoms with Crippen LogP contribution in [0.5, 0.6) is 0 Å². The zero-order valence-corrected chi connectivity index (χ0v) is 17.9. The van der Waals surface area contributed by atoms with Crippen molar-refractivity contribution >= 4 is 17.7 Å². The van der Waals surface area contributed by atoms with Gasteiger partial charge in [-0.2, -0.15) is 0 Å². The Labute approximate surface area is 177 Å². The largest absolute Gasteiger partial charge is 0.465 e. The van der Waals surface area contributed by atoms with Crippen LogP contribution in [-0.4, -0.2) is 50.2 Å². The Kier molecular flexibility index (Phi) is 5.28. The number of hydrogen-bond donors (Lipinski definition) is 1. The number of urea groups is 1. The first kappa shape index (κ1) is 20.4. The summed E-state index contributed by atoms with van der Waals surface area (Å²) < 4.78 is 4.91. The van der Waals surface area contributed by atoms with Gasteiger partial charge in [0.1, 0.15) is 0 Å². The highest BCUT2D eigenvalue weighted by molar-refractivity contribution is 6.03. The third-order valence-electron chi connectivity index (χ3n) is 6.88. The summed E-state index contributed by atoms with van der Waals surface area (Å²) in [6.45, 7) is 0.554. The quantitative estimate of drug-likeness (QED) is 0.784. The Morgan fingerprint density at radius 3 is 2.27 bits per heavy atom. The molecule has 1 N–H and O–H groups in total. The monoisotopic (exact) mass is 407 g/mol. The Morgan fingerprint density at radius 2 is 1.63 bits per heavy atom. The molecule has 1 aliphatic heterocycles. The van der Waals surface area contributed by atoms with E-state index in [2.05, 4.69) is 48.6 Å². The van der Waals surface area contributed by atoms with Crippen LogP contribution < -0.4 is 10.2 Å². The van der Waals surface area contributed by atoms with Crippen LogP contribution in [0.15, 0.2) is 54.6 Å². The van der Waals surface area contributed by atoms with E-state index in [0.717, 1.165) is 25.7 Å². The maximum absolute atomic E-state index is 12.9. The maximum Gasteiger partial charge on any atom is 0.339 e. The maximum atomic E-state index is 12.9. The standard InChI is InChI=1S/C24H29N3O3/c1-26(2)24(18-9-5-4-6-10-18)15-13-23(14-16-24)17-27(22(29)25-23)20-12-8-7-11-19(20)21(28)30-3/h4-12H,13-17H2,1-3H3,(H,25,29). The van der Waals surface area contributed by atoms with E-state index in [9.17, 15) is 9.59 Å². The molecule has 0 bridgehead atoms. The fraction of sp³-hybridized carbons (Fsp3) is 0.417. The second-order valence-corrected chi connectivity index (χ2v) is 8.60. The molecule has 30 heavy (non-hydrogen) atoms. The number of nitrogens with one attached hydrogen (secondary N) is 1. The number of rotatable bonds is 4. The summed E-state index contributed by atoms with van der Waals surface area (Å²) in [6.07, 6.45) is 3.67. The lowest BCUT2D eigenvalue weighted by Gasteiger charge is -2.48. The number of ether oxygens (including phenoxy) is 1. The lowest BCUT2D eigenvalue weighted by atomic mass is 9.69. The van der Waals surface area contributed by atoms with Crippen molar-refractivity contribution in [3.8, 4) is 0 Å². The second-order valence-electron chi connectivity index (χ2n) is 8.60. The summed E-state index contributed by atoms with van der Waals surface area (Å²) in [7, 11) is 5.63. The minimum atomic E-state index is -0.432. The van der Waals surface area contributed by atoms with Gasteiger partial charge in [0.25, 0.3) is 0 Å². The van der Waals surface area contributed by atoms with E-state index in [4.69, 9.17) is 4.74 Å². The second kappa shape index (κ2) is 7.76. The van der Waals surface area contributed by atoms with E-state index < -0.39 is 5.97 Å². The smallest absolute Gasteiger partial charge is 0.339 e. The van der Waals surface area contributed by atoms with Crippen molar-refractivity contribution in [1.29, 1.82) is 0 Å². The molecule has 0 radical (unpaired) electrons. The number of benzene rings is 2. The van der Waals surface area contributed by atoms with Gasteiger partial charge in [0.2, 0.25) is 0 Å². The number of carbonyl (C=O) groups excluding carboxylic acids is 2. The summed E-state index contributed by atoms with van der Waals surface area (Å²) >= 11 is 0. The number of esters is 1. The Bertz CT molecular complexity index is 934. The number of anilines is 1. The lowest BCUT2D eigenvalue weighted by Crippen LogP contribution is -2.54. The fourth-order valence-electron chi connectivity index (χ4n) is 5.06. The molecule has 0 aromatic heterocycles. The van der Waals surface area contributed by atoms with Crippen molar-refractivity contribution in [1.82, 2.24) is 10.2 Å². The molecule has 2 fully saturated rings. The Balaban J connectivity index is 1.58. The molecule has 4 rings (SSSR count). The molecule has 1 saturated heterocycles. The van der Waals surface area contributed by atoms with Gasteiger partial charge in [0.15, 0.2) is 0 Å². The van der Waals surface area contributed by atoms with Gasteiger partial charge in [0.05, 0.1) is 30.4 Å². The number of carbonyl (C=O) groups is 2. The van der Waals surface area contributed by atoms with Crippen molar-refractivity contribution in [2.75, 3.05) is 32.6 Å². The summed E-state index contributed by atoms with van der Waals surface area (Å²) in [4.78, 5) is 29.1. The highest BCUT2D eigenvalue weighted by atomic mass is 16.5. The molecule has 2 aromatic rings. The van der Waals surface area contributed by atoms with Gasteiger partial charge in [-0.1, -0.05) is 42.5 Å². The van der Waals surface area contributed by atoms with Crippen molar-refractivity contribution in [3.63, 3.8) is 0 Å². The topological polar surface area (TPSA) is 61.9 Å². The lowest BCUT2D eigenvalue weighted by molar-refractivity contribution is 0.0601. The van der Waals surface area contributed by atoms with Crippen LogP contribution in [0.2, 0.25) is 0 Å². The van der Waals surface area contributed by atoms with Gasteiger partial charge in [-0.3, -0.25) is 9.80 Å². The van der Waals surface area contributed by atoms with Gasteiger partial charge in [-0.25, -0.2) is 9.59 Å². The average molecular weight is 408 g/mol. The van der Waals surface area contributed by atoms with Crippen LogP contribution in [0, 0.1) is 0 Å². The molecule has 2 amide bonds. The van der Waals surface area contributed by atoms with E-state index in [0.29, 0.717) is 17.8 Å². The minimum Gasteiger partial charge on any atom is -0.465 e. The number of amides is 2. The summed E-state index contributed by atoms with van der Waals surface area (Å²) in [6, 6.07) is 17.6. The number of methoxy groups -OCH3 is 1. The van der Waals surface area contributed by atoms with Gasteiger partial charge in [0, 0.05) is 5.54 Å². The summed E-state index contributed by atoms with van der Waals surface area (Å²) in [5.41, 5.74) is 2.02. The molecule has 1 heterocycles. The summed E-state index contributed by atoms with van der Waals surface area (Å²) in [5, 5.41) is 3.25. The zero-order valence-electron chi connectivity index (χ0n) is 17.9. The number of nitrogens with zero attached hydrogens (tertiary/aromatic N) is 2. The minimum absolute atomic E-state index is 0.0332. The molecule has 1 saturated carbocycles. The van der Waals surface area contributed by atoms with Gasteiger partial charge >= 0.3 is 12.0 Å². The summed E-state index contributed by atoms with van der Waals surface area (Å²) in [5.74, 6) is -0.432. The van der Waals surface area contributed by atoms with E-state index in [1.807, 2.05) is 18.2 Å².